The number of fused-ring (bicyclic) bond motifs is 1. The molecule has 120 valence electrons. The Hall–Kier alpha value is -0.180. The molecule has 5 nitrogen and oxygen atoms in total. The van der Waals surface area contributed by atoms with Crippen molar-refractivity contribution in [3.8, 4) is 11.5 Å². The summed E-state index contributed by atoms with van der Waals surface area (Å²) in [4.78, 5) is 1.35. The van der Waals surface area contributed by atoms with Gasteiger partial charge in [0.2, 0.25) is 0 Å². The molecule has 23 heavy (non-hydrogen) atoms. The molecule has 3 N–H and O–H groups in total. The molecule has 0 bridgehead atoms. The summed E-state index contributed by atoms with van der Waals surface area (Å²) in [5.74, 6) is 1.61. The molecule has 1 aromatic rings. The number of thioether (sulfide) groups is 1. The van der Waals surface area contributed by atoms with E-state index < -0.39 is 0 Å². The van der Waals surface area contributed by atoms with Crippen LogP contribution in [0.15, 0.2) is 4.91 Å². The molecule has 2 heterocycles. The van der Waals surface area contributed by atoms with E-state index in [0.29, 0.717) is 26.4 Å². The minimum atomic E-state index is 0.258. The predicted octanol–water partition coefficient (Wildman–Crippen LogP) is 3.46. The lowest BCUT2D eigenvalue weighted by atomic mass is 10.0. The van der Waals surface area contributed by atoms with Crippen molar-refractivity contribution in [1.82, 2.24) is 10.6 Å². The molecule has 1 fully saturated rings. The molecule has 0 unspecified atom stereocenters. The minimum Gasteiger partial charge on any atom is -0.495 e. The number of benzene rings is 1. The van der Waals surface area contributed by atoms with Gasteiger partial charge in [0.05, 0.1) is 43.1 Å². The van der Waals surface area contributed by atoms with Crippen LogP contribution in [0.3, 0.4) is 0 Å². The summed E-state index contributed by atoms with van der Waals surface area (Å²) in [6, 6.07) is 0. The van der Waals surface area contributed by atoms with Gasteiger partial charge in [-0.25, -0.2) is 0 Å². The first-order valence-electron chi connectivity index (χ1n) is 6.17. The SMILES string of the molecule is COc1c(I)c(I)c(OC)c2c1C(=N)N/C2=C1/SC(=S)NC1=S. The van der Waals surface area contributed by atoms with Gasteiger partial charge in [-0.2, -0.15) is 0 Å². The summed E-state index contributed by atoms with van der Waals surface area (Å²) in [5, 5.41) is 14.4. The van der Waals surface area contributed by atoms with Crippen LogP contribution in [-0.2, 0) is 0 Å². The van der Waals surface area contributed by atoms with Crippen molar-refractivity contribution in [3.63, 3.8) is 0 Å². The summed E-state index contributed by atoms with van der Waals surface area (Å²) in [6.07, 6.45) is 0. The average Bonchev–Trinajstić information content (AvgIpc) is 3.01. The first kappa shape index (κ1) is 17.6. The molecular weight excluding hydrogens is 580 g/mol. The van der Waals surface area contributed by atoms with Crippen molar-refractivity contribution in [3.05, 3.63) is 23.2 Å². The first-order valence-corrected chi connectivity index (χ1v) is 9.96. The van der Waals surface area contributed by atoms with Crippen LogP contribution in [0, 0.1) is 12.5 Å². The molecule has 0 aromatic heterocycles. The normalized spacial score (nSPS) is 19.6. The zero-order valence-corrected chi connectivity index (χ0v) is 18.6. The van der Waals surface area contributed by atoms with Gasteiger partial charge in [0.1, 0.15) is 26.6 Å². The topological polar surface area (TPSA) is 66.4 Å². The Kier molecular flexibility index (Phi) is 5.07. The second-order valence-corrected chi connectivity index (χ2v) is 8.75. The largest absolute Gasteiger partial charge is 0.495 e. The number of rotatable bonds is 2. The van der Waals surface area contributed by atoms with E-state index in [2.05, 4.69) is 55.8 Å². The highest BCUT2D eigenvalue weighted by atomic mass is 127. The summed E-state index contributed by atoms with van der Waals surface area (Å²) in [6.45, 7) is 0. The van der Waals surface area contributed by atoms with Crippen LogP contribution in [0.5, 0.6) is 11.5 Å². The third kappa shape index (κ3) is 2.75. The zero-order chi connectivity index (χ0) is 16.9. The Balaban J connectivity index is 2.39. The fourth-order valence-electron chi connectivity index (χ4n) is 2.41. The van der Waals surface area contributed by atoms with Gasteiger partial charge in [-0.15, -0.1) is 0 Å². The quantitative estimate of drug-likeness (QED) is 0.278. The van der Waals surface area contributed by atoms with E-state index in [9.17, 15) is 0 Å². The molecule has 0 aliphatic carbocycles. The van der Waals surface area contributed by atoms with Crippen molar-refractivity contribution < 1.29 is 9.47 Å². The Morgan fingerprint density at radius 2 is 1.57 bits per heavy atom. The van der Waals surface area contributed by atoms with Crippen molar-refractivity contribution in [2.75, 3.05) is 14.2 Å². The Morgan fingerprint density at radius 1 is 1.00 bits per heavy atom. The molecule has 2 aliphatic rings. The van der Waals surface area contributed by atoms with Crippen LogP contribution >= 0.6 is 81.4 Å². The number of amidine groups is 1. The Bertz CT molecular complexity index is 823. The van der Waals surface area contributed by atoms with Gasteiger partial charge >= 0.3 is 0 Å². The van der Waals surface area contributed by atoms with E-state index in [4.69, 9.17) is 39.3 Å². The third-order valence-corrected chi connectivity index (χ3v) is 8.08. The van der Waals surface area contributed by atoms with Gasteiger partial charge in [-0.05, 0) is 45.2 Å². The molecule has 0 spiro atoms. The maximum absolute atomic E-state index is 8.33. The lowest BCUT2D eigenvalue weighted by molar-refractivity contribution is 0.396. The summed E-state index contributed by atoms with van der Waals surface area (Å²) < 4.78 is 13.6. The number of hydrogen-bond acceptors (Lipinski definition) is 6. The molecule has 0 amide bonds. The second kappa shape index (κ2) is 6.61. The Labute approximate surface area is 175 Å². The van der Waals surface area contributed by atoms with Crippen molar-refractivity contribution >= 4 is 102 Å². The maximum Gasteiger partial charge on any atom is 0.145 e. The number of hydrogen-bond donors (Lipinski definition) is 3. The van der Waals surface area contributed by atoms with Crippen LogP contribution in [0.25, 0.3) is 5.70 Å². The summed E-state index contributed by atoms with van der Waals surface area (Å²) >= 11 is 16.3. The highest BCUT2D eigenvalue weighted by Crippen LogP contribution is 2.47. The molecule has 10 heteroatoms. The number of ether oxygens (including phenoxy) is 2. The number of thiocarbonyl (C=S) groups is 2. The minimum absolute atomic E-state index is 0.258. The van der Waals surface area contributed by atoms with E-state index in [1.165, 1.54) is 11.8 Å². The van der Waals surface area contributed by atoms with E-state index in [-0.39, 0.29) is 5.84 Å². The fraction of sp³-hybridized carbons (Fsp3) is 0.154. The molecule has 0 radical (unpaired) electrons. The van der Waals surface area contributed by atoms with Gasteiger partial charge in [0, 0.05) is 0 Å². The molecule has 0 saturated carbocycles. The van der Waals surface area contributed by atoms with Crippen LogP contribution in [0.1, 0.15) is 11.1 Å². The van der Waals surface area contributed by atoms with E-state index in [1.807, 2.05) is 0 Å². The predicted molar refractivity (Wildman–Crippen MR) is 118 cm³/mol. The highest BCUT2D eigenvalue weighted by Gasteiger charge is 2.37. The van der Waals surface area contributed by atoms with Crippen LogP contribution in [-0.4, -0.2) is 29.4 Å². The number of methoxy groups -OCH3 is 2. The molecule has 2 aliphatic heterocycles. The molecule has 3 rings (SSSR count). The molecule has 0 atom stereocenters. The molecule has 1 aromatic carbocycles. The fourth-order valence-corrected chi connectivity index (χ4v) is 5.42. The maximum atomic E-state index is 8.33. The van der Waals surface area contributed by atoms with E-state index >= 15 is 0 Å². The second-order valence-electron chi connectivity index (χ2n) is 4.49. The van der Waals surface area contributed by atoms with Gasteiger partial charge in [-0.3, -0.25) is 5.41 Å². The molecular formula is C13H9I2N3O2S3. The monoisotopic (exact) mass is 589 g/mol. The van der Waals surface area contributed by atoms with Gasteiger partial charge in [0.15, 0.2) is 0 Å². The first-order chi connectivity index (χ1) is 10.9. The van der Waals surface area contributed by atoms with Crippen LogP contribution < -0.4 is 20.1 Å². The lowest BCUT2D eigenvalue weighted by Crippen LogP contribution is -2.18. The summed E-state index contributed by atoms with van der Waals surface area (Å²) in [7, 11) is 3.22. The van der Waals surface area contributed by atoms with Crippen LogP contribution in [0.4, 0.5) is 0 Å². The zero-order valence-electron chi connectivity index (χ0n) is 11.8. The van der Waals surface area contributed by atoms with Crippen molar-refractivity contribution in [2.45, 2.75) is 0 Å². The number of nitrogens with one attached hydrogen (secondary N) is 3. The van der Waals surface area contributed by atoms with Crippen molar-refractivity contribution in [1.29, 1.82) is 5.41 Å². The highest BCUT2D eigenvalue weighted by molar-refractivity contribution is 14.1. The summed E-state index contributed by atoms with van der Waals surface area (Å²) in [5.41, 5.74) is 2.20. The Morgan fingerprint density at radius 3 is 2.04 bits per heavy atom. The van der Waals surface area contributed by atoms with E-state index in [0.717, 1.165) is 23.3 Å². The lowest BCUT2D eigenvalue weighted by Gasteiger charge is -2.16. The average molecular weight is 589 g/mol. The number of halogens is 2. The van der Waals surface area contributed by atoms with Crippen LogP contribution in [0.2, 0.25) is 0 Å². The third-order valence-electron chi connectivity index (χ3n) is 3.30. The van der Waals surface area contributed by atoms with Gasteiger partial charge in [0.25, 0.3) is 0 Å². The smallest absolute Gasteiger partial charge is 0.145 e. The van der Waals surface area contributed by atoms with Gasteiger partial charge < -0.3 is 20.1 Å². The van der Waals surface area contributed by atoms with E-state index in [1.54, 1.807) is 14.2 Å². The van der Waals surface area contributed by atoms with Gasteiger partial charge in [-0.1, -0.05) is 36.2 Å². The van der Waals surface area contributed by atoms with Crippen molar-refractivity contribution in [2.24, 2.45) is 0 Å². The molecule has 1 saturated heterocycles. The standard InChI is InChI=1S/C13H9I2N3O2S3/c1-19-8-3-4(9(20-2)6(15)5(8)14)11(16)17-7(3)10-12(21)18-13(22)23-10/h1-2H3,(H2,16,17)(H,18,21,22)/b10-7+.